The summed E-state index contributed by atoms with van der Waals surface area (Å²) < 4.78 is 33.0. The number of carbonyl (C=O) groups excluding carboxylic acids is 1. The molecular weight excluding hydrogens is 366 g/mol. The van der Waals surface area contributed by atoms with E-state index in [2.05, 4.69) is 22.3 Å². The number of amides is 1. The molecule has 1 unspecified atom stereocenters. The highest BCUT2D eigenvalue weighted by Gasteiger charge is 2.31. The van der Waals surface area contributed by atoms with Gasteiger partial charge >= 0.3 is 0 Å². The third-order valence-corrected chi connectivity index (χ3v) is 6.56. The largest absolute Gasteiger partial charge is 0.497 e. The van der Waals surface area contributed by atoms with E-state index in [4.69, 9.17) is 4.74 Å². The van der Waals surface area contributed by atoms with Crippen molar-refractivity contribution in [2.24, 2.45) is 11.3 Å². The van der Waals surface area contributed by atoms with Crippen LogP contribution in [0, 0.1) is 11.3 Å². The van der Waals surface area contributed by atoms with Gasteiger partial charge in [-0.3, -0.25) is 4.79 Å². The molecule has 2 rings (SSSR count). The number of piperidine rings is 1. The zero-order chi connectivity index (χ0) is 20.1. The first-order valence-corrected chi connectivity index (χ1v) is 10.8. The molecule has 7 nitrogen and oxygen atoms in total. The lowest BCUT2D eigenvalue weighted by Gasteiger charge is -2.34. The van der Waals surface area contributed by atoms with E-state index in [-0.39, 0.29) is 22.1 Å². The highest BCUT2D eigenvalue weighted by Crippen LogP contribution is 2.26. The van der Waals surface area contributed by atoms with Gasteiger partial charge in [0.05, 0.1) is 12.0 Å². The molecule has 0 aromatic heterocycles. The molecule has 0 spiro atoms. The smallest absolute Gasteiger partial charge is 0.241 e. The Hall–Kier alpha value is -1.64. The lowest BCUT2D eigenvalue weighted by atomic mass is 9.81. The van der Waals surface area contributed by atoms with Crippen LogP contribution in [0.4, 0.5) is 0 Å². The van der Waals surface area contributed by atoms with E-state index in [0.717, 1.165) is 25.9 Å². The summed E-state index contributed by atoms with van der Waals surface area (Å²) in [5, 5.41) is 6.27. The van der Waals surface area contributed by atoms with Gasteiger partial charge in [-0.05, 0) is 61.5 Å². The van der Waals surface area contributed by atoms with Crippen LogP contribution in [0.2, 0.25) is 0 Å². The number of hydrogen-bond donors (Lipinski definition) is 3. The van der Waals surface area contributed by atoms with Crippen molar-refractivity contribution in [3.05, 3.63) is 24.3 Å². The van der Waals surface area contributed by atoms with Crippen LogP contribution in [-0.4, -0.2) is 47.1 Å². The number of sulfonamides is 1. The Kier molecular flexibility index (Phi) is 7.25. The molecular formula is C19H31N3O4S. The SMILES string of the molecule is COc1ccc(S(=O)(=O)NC(C(=O)NCC2(C)CCNCC2)C(C)C)cc1. The van der Waals surface area contributed by atoms with Crippen molar-refractivity contribution in [1.29, 1.82) is 0 Å². The van der Waals surface area contributed by atoms with Crippen molar-refractivity contribution in [2.75, 3.05) is 26.7 Å². The molecule has 1 aromatic rings. The molecule has 0 radical (unpaired) electrons. The molecule has 1 aliphatic heterocycles. The van der Waals surface area contributed by atoms with Gasteiger partial charge < -0.3 is 15.4 Å². The quantitative estimate of drug-likeness (QED) is 0.618. The molecule has 152 valence electrons. The third-order valence-electron chi connectivity index (χ3n) is 5.10. The molecule has 1 atom stereocenters. The number of nitrogens with one attached hydrogen (secondary N) is 3. The average molecular weight is 398 g/mol. The van der Waals surface area contributed by atoms with Gasteiger partial charge in [0.25, 0.3) is 0 Å². The Morgan fingerprint density at radius 2 is 1.81 bits per heavy atom. The lowest BCUT2D eigenvalue weighted by molar-refractivity contribution is -0.124. The van der Waals surface area contributed by atoms with E-state index in [1.54, 1.807) is 12.1 Å². The molecule has 1 aromatic carbocycles. The van der Waals surface area contributed by atoms with Crippen LogP contribution >= 0.6 is 0 Å². The van der Waals surface area contributed by atoms with Crippen LogP contribution in [0.1, 0.15) is 33.6 Å². The summed E-state index contributed by atoms with van der Waals surface area (Å²) in [7, 11) is -2.29. The molecule has 3 N–H and O–H groups in total. The molecule has 1 amide bonds. The molecule has 1 saturated heterocycles. The Morgan fingerprint density at radius 1 is 1.22 bits per heavy atom. The summed E-state index contributed by atoms with van der Waals surface area (Å²) in [4.78, 5) is 12.8. The minimum absolute atomic E-state index is 0.0390. The van der Waals surface area contributed by atoms with Crippen LogP contribution in [-0.2, 0) is 14.8 Å². The van der Waals surface area contributed by atoms with Gasteiger partial charge in [0.1, 0.15) is 11.8 Å². The van der Waals surface area contributed by atoms with Gasteiger partial charge in [0.2, 0.25) is 15.9 Å². The summed E-state index contributed by atoms with van der Waals surface area (Å²) in [6.45, 7) is 8.22. The van der Waals surface area contributed by atoms with Crippen molar-refractivity contribution in [3.8, 4) is 5.75 Å². The molecule has 0 aliphatic carbocycles. The molecule has 1 aliphatic rings. The summed E-state index contributed by atoms with van der Waals surface area (Å²) in [6.07, 6.45) is 1.97. The van der Waals surface area contributed by atoms with Crippen molar-refractivity contribution in [3.63, 3.8) is 0 Å². The summed E-state index contributed by atoms with van der Waals surface area (Å²) >= 11 is 0. The van der Waals surface area contributed by atoms with Gasteiger partial charge in [0.15, 0.2) is 0 Å². The molecule has 0 saturated carbocycles. The number of rotatable bonds is 8. The maximum Gasteiger partial charge on any atom is 0.241 e. The maximum absolute atomic E-state index is 12.7. The van der Waals surface area contributed by atoms with Gasteiger partial charge in [0, 0.05) is 6.54 Å². The zero-order valence-electron chi connectivity index (χ0n) is 16.5. The van der Waals surface area contributed by atoms with Crippen molar-refractivity contribution in [2.45, 2.75) is 44.6 Å². The van der Waals surface area contributed by atoms with Gasteiger partial charge in [-0.2, -0.15) is 4.72 Å². The number of hydrogen-bond acceptors (Lipinski definition) is 5. The predicted molar refractivity (Wildman–Crippen MR) is 105 cm³/mol. The topological polar surface area (TPSA) is 96.5 Å². The van der Waals surface area contributed by atoms with Gasteiger partial charge in [-0.1, -0.05) is 20.8 Å². The Morgan fingerprint density at radius 3 is 2.33 bits per heavy atom. The van der Waals surface area contributed by atoms with Crippen molar-refractivity contribution < 1.29 is 17.9 Å². The van der Waals surface area contributed by atoms with E-state index < -0.39 is 16.1 Å². The van der Waals surface area contributed by atoms with Gasteiger partial charge in [-0.15, -0.1) is 0 Å². The number of benzene rings is 1. The van der Waals surface area contributed by atoms with E-state index >= 15 is 0 Å². The summed E-state index contributed by atoms with van der Waals surface area (Å²) in [5.74, 6) is 0.100. The second-order valence-electron chi connectivity index (χ2n) is 7.80. The summed E-state index contributed by atoms with van der Waals surface area (Å²) in [6, 6.07) is 5.26. The minimum Gasteiger partial charge on any atom is -0.497 e. The average Bonchev–Trinajstić information content (AvgIpc) is 2.65. The van der Waals surface area contributed by atoms with Crippen LogP contribution in [0.5, 0.6) is 5.75 Å². The first-order chi connectivity index (χ1) is 12.7. The molecule has 8 heteroatoms. The summed E-state index contributed by atoms with van der Waals surface area (Å²) in [5.41, 5.74) is 0.0390. The van der Waals surface area contributed by atoms with Crippen molar-refractivity contribution in [1.82, 2.24) is 15.4 Å². The lowest BCUT2D eigenvalue weighted by Crippen LogP contribution is -2.52. The highest BCUT2D eigenvalue weighted by molar-refractivity contribution is 7.89. The fourth-order valence-corrected chi connectivity index (χ4v) is 4.44. The second-order valence-corrected chi connectivity index (χ2v) is 9.51. The second kappa shape index (κ2) is 9.03. The number of carbonyl (C=O) groups is 1. The molecule has 27 heavy (non-hydrogen) atoms. The fraction of sp³-hybridized carbons (Fsp3) is 0.632. The first kappa shape index (κ1) is 21.7. The van der Waals surface area contributed by atoms with E-state index in [0.29, 0.717) is 12.3 Å². The highest BCUT2D eigenvalue weighted by atomic mass is 32.2. The Balaban J connectivity index is 2.05. The van der Waals surface area contributed by atoms with Crippen molar-refractivity contribution >= 4 is 15.9 Å². The number of ether oxygens (including phenoxy) is 1. The Labute approximate surface area is 162 Å². The van der Waals surface area contributed by atoms with Crippen LogP contribution in [0.15, 0.2) is 29.2 Å². The van der Waals surface area contributed by atoms with E-state index in [9.17, 15) is 13.2 Å². The van der Waals surface area contributed by atoms with Crippen LogP contribution < -0.4 is 20.1 Å². The number of methoxy groups -OCH3 is 1. The van der Waals surface area contributed by atoms with E-state index in [1.807, 2.05) is 13.8 Å². The zero-order valence-corrected chi connectivity index (χ0v) is 17.4. The molecule has 0 bridgehead atoms. The monoisotopic (exact) mass is 397 g/mol. The first-order valence-electron chi connectivity index (χ1n) is 9.32. The fourth-order valence-electron chi connectivity index (χ4n) is 3.10. The minimum atomic E-state index is -3.81. The standard InChI is InChI=1S/C19H31N3O4S/c1-14(2)17(18(23)21-13-19(3)9-11-20-12-10-19)22-27(24,25)16-7-5-15(26-4)6-8-16/h5-8,14,17,20,22H,9-13H2,1-4H3,(H,21,23). The Bertz CT molecular complexity index is 726. The third kappa shape index (κ3) is 5.92. The van der Waals surface area contributed by atoms with E-state index in [1.165, 1.54) is 19.2 Å². The van der Waals surface area contributed by atoms with Crippen LogP contribution in [0.25, 0.3) is 0 Å². The van der Waals surface area contributed by atoms with Crippen LogP contribution in [0.3, 0.4) is 0 Å². The van der Waals surface area contributed by atoms with Gasteiger partial charge in [-0.25, -0.2) is 8.42 Å². The normalized spacial score (nSPS) is 18.1. The molecule has 1 heterocycles. The molecule has 1 fully saturated rings. The maximum atomic E-state index is 12.7. The predicted octanol–water partition coefficient (Wildman–Crippen LogP) is 1.50.